The number of carbonyl (C=O) groups is 2. The van der Waals surface area contributed by atoms with Crippen molar-refractivity contribution in [2.75, 3.05) is 20.3 Å². The molecule has 1 heterocycles. The summed E-state index contributed by atoms with van der Waals surface area (Å²) in [5.74, 6) is -2.03. The fourth-order valence-corrected chi connectivity index (χ4v) is 2.22. The number of amides is 2. The molecule has 2 N–H and O–H groups in total. The summed E-state index contributed by atoms with van der Waals surface area (Å²) in [5.41, 5.74) is 0.760. The van der Waals surface area contributed by atoms with Gasteiger partial charge in [-0.3, -0.25) is 4.79 Å². The van der Waals surface area contributed by atoms with E-state index >= 15 is 0 Å². The minimum atomic E-state index is -0.976. The van der Waals surface area contributed by atoms with Gasteiger partial charge in [0.05, 0.1) is 19.3 Å². The minimum Gasteiger partial charge on any atom is -0.481 e. The number of carboxylic acids is 1. The van der Waals surface area contributed by atoms with Crippen molar-refractivity contribution in [3.63, 3.8) is 0 Å². The number of nitrogens with zero attached hydrogens (tertiary/aromatic N) is 1. The van der Waals surface area contributed by atoms with Crippen LogP contribution in [0.4, 0.5) is 9.18 Å². The van der Waals surface area contributed by atoms with E-state index in [0.717, 1.165) is 5.56 Å². The van der Waals surface area contributed by atoms with Crippen molar-refractivity contribution in [2.24, 2.45) is 5.92 Å². The quantitative estimate of drug-likeness (QED) is 0.871. The molecule has 0 bridgehead atoms. The molecule has 0 aliphatic carbocycles. The van der Waals surface area contributed by atoms with Gasteiger partial charge in [0.2, 0.25) is 0 Å². The minimum absolute atomic E-state index is 0.107. The van der Waals surface area contributed by atoms with Crippen LogP contribution in [0.1, 0.15) is 5.56 Å². The van der Waals surface area contributed by atoms with Gasteiger partial charge in [-0.2, -0.15) is 0 Å². The molecule has 0 spiro atoms. The molecule has 2 amide bonds. The molecule has 6 nitrogen and oxygen atoms in total. The van der Waals surface area contributed by atoms with Gasteiger partial charge in [-0.15, -0.1) is 0 Å². The van der Waals surface area contributed by atoms with Gasteiger partial charge in [0.25, 0.3) is 0 Å². The topological polar surface area (TPSA) is 78.9 Å². The second kappa shape index (κ2) is 6.53. The molecule has 1 aromatic carbocycles. The number of hydrogen-bond donors (Lipinski definition) is 2. The third-order valence-corrected chi connectivity index (χ3v) is 3.54. The maximum absolute atomic E-state index is 12.8. The Morgan fingerprint density at radius 3 is 2.67 bits per heavy atom. The number of halogens is 1. The molecule has 21 heavy (non-hydrogen) atoms. The predicted octanol–water partition coefficient (Wildman–Crippen LogP) is 1.07. The van der Waals surface area contributed by atoms with Crippen LogP contribution in [0.2, 0.25) is 0 Å². The summed E-state index contributed by atoms with van der Waals surface area (Å²) in [6, 6.07) is 4.91. The number of hydrogen-bond acceptors (Lipinski definition) is 3. The molecule has 1 aliphatic rings. The average Bonchev–Trinajstić information content (AvgIpc) is 2.95. The molecule has 0 aromatic heterocycles. The lowest BCUT2D eigenvalue weighted by Crippen LogP contribution is -2.48. The Kier molecular flexibility index (Phi) is 4.74. The SMILES string of the molecule is CN(C(=O)NCc1ccc(F)cc1)C1COCC1C(=O)O. The normalized spacial score (nSPS) is 21.0. The Labute approximate surface area is 121 Å². The summed E-state index contributed by atoms with van der Waals surface area (Å²) >= 11 is 0. The fourth-order valence-electron chi connectivity index (χ4n) is 2.22. The highest BCUT2D eigenvalue weighted by Gasteiger charge is 2.38. The monoisotopic (exact) mass is 296 g/mol. The van der Waals surface area contributed by atoms with E-state index in [2.05, 4.69) is 5.32 Å². The Bertz CT molecular complexity index is 520. The Balaban J connectivity index is 1.90. The summed E-state index contributed by atoms with van der Waals surface area (Å²) in [6.45, 7) is 0.557. The van der Waals surface area contributed by atoms with E-state index in [1.54, 1.807) is 12.1 Å². The third-order valence-electron chi connectivity index (χ3n) is 3.54. The maximum Gasteiger partial charge on any atom is 0.317 e. The number of carboxylic acid groups (broad SMARTS) is 1. The van der Waals surface area contributed by atoms with Gasteiger partial charge in [-0.1, -0.05) is 12.1 Å². The zero-order chi connectivity index (χ0) is 15.4. The Hall–Kier alpha value is -2.15. The van der Waals surface area contributed by atoms with E-state index in [0.29, 0.717) is 0 Å². The van der Waals surface area contributed by atoms with Crippen molar-refractivity contribution in [3.8, 4) is 0 Å². The predicted molar refractivity (Wildman–Crippen MR) is 72.1 cm³/mol. The standard InChI is InChI=1S/C14H17FN2O4/c1-17(12-8-21-7-11(12)13(18)19)14(20)16-6-9-2-4-10(15)5-3-9/h2-5,11-12H,6-8H2,1H3,(H,16,20)(H,18,19). The van der Waals surface area contributed by atoms with Crippen LogP contribution in [-0.2, 0) is 16.1 Å². The van der Waals surface area contributed by atoms with Crippen molar-refractivity contribution in [3.05, 3.63) is 35.6 Å². The van der Waals surface area contributed by atoms with Crippen molar-refractivity contribution >= 4 is 12.0 Å². The zero-order valence-corrected chi connectivity index (χ0v) is 11.6. The van der Waals surface area contributed by atoms with Crippen molar-refractivity contribution in [1.82, 2.24) is 10.2 Å². The van der Waals surface area contributed by atoms with E-state index in [1.807, 2.05) is 0 Å². The number of rotatable bonds is 4. The zero-order valence-electron chi connectivity index (χ0n) is 11.6. The molecule has 2 unspecified atom stereocenters. The van der Waals surface area contributed by atoms with Crippen LogP contribution in [0.15, 0.2) is 24.3 Å². The van der Waals surface area contributed by atoms with Gasteiger partial charge in [0, 0.05) is 13.6 Å². The molecule has 0 saturated carbocycles. The summed E-state index contributed by atoms with van der Waals surface area (Å²) in [5, 5.41) is 11.7. The number of carbonyl (C=O) groups excluding carboxylic acids is 1. The maximum atomic E-state index is 12.8. The fraction of sp³-hybridized carbons (Fsp3) is 0.429. The average molecular weight is 296 g/mol. The van der Waals surface area contributed by atoms with E-state index in [4.69, 9.17) is 9.84 Å². The van der Waals surface area contributed by atoms with E-state index < -0.39 is 17.9 Å². The number of benzene rings is 1. The smallest absolute Gasteiger partial charge is 0.317 e. The van der Waals surface area contributed by atoms with Crippen LogP contribution in [0.25, 0.3) is 0 Å². The molecule has 2 rings (SSSR count). The highest BCUT2D eigenvalue weighted by molar-refractivity contribution is 5.77. The Morgan fingerprint density at radius 1 is 1.38 bits per heavy atom. The number of nitrogens with one attached hydrogen (secondary N) is 1. The van der Waals surface area contributed by atoms with Crippen molar-refractivity contribution < 1.29 is 23.8 Å². The Morgan fingerprint density at radius 2 is 2.05 bits per heavy atom. The number of likely N-dealkylation sites (N-methyl/N-ethyl adjacent to an activating group) is 1. The summed E-state index contributed by atoms with van der Waals surface area (Å²) in [6.07, 6.45) is 0. The molecular formula is C14H17FN2O4. The van der Waals surface area contributed by atoms with Gasteiger partial charge in [-0.05, 0) is 17.7 Å². The highest BCUT2D eigenvalue weighted by atomic mass is 19.1. The second-order valence-corrected chi connectivity index (χ2v) is 4.95. The number of urea groups is 1. The number of aliphatic carboxylic acids is 1. The molecule has 1 fully saturated rings. The first kappa shape index (κ1) is 15.2. The molecule has 1 aromatic rings. The first-order chi connectivity index (χ1) is 9.99. The van der Waals surface area contributed by atoms with Crippen LogP contribution in [0, 0.1) is 11.7 Å². The molecule has 114 valence electrons. The summed E-state index contributed by atoms with van der Waals surface area (Å²) in [7, 11) is 1.54. The van der Waals surface area contributed by atoms with Crippen molar-refractivity contribution in [1.29, 1.82) is 0 Å². The summed E-state index contributed by atoms with van der Waals surface area (Å²) < 4.78 is 17.9. The van der Waals surface area contributed by atoms with Crippen molar-refractivity contribution in [2.45, 2.75) is 12.6 Å². The van der Waals surface area contributed by atoms with E-state index in [9.17, 15) is 14.0 Å². The van der Waals surface area contributed by atoms with Gasteiger partial charge in [0.15, 0.2) is 0 Å². The number of ether oxygens (including phenoxy) is 1. The van der Waals surface area contributed by atoms with Crippen LogP contribution >= 0.6 is 0 Å². The molecule has 7 heteroatoms. The highest BCUT2D eigenvalue weighted by Crippen LogP contribution is 2.19. The lowest BCUT2D eigenvalue weighted by Gasteiger charge is -2.26. The lowest BCUT2D eigenvalue weighted by molar-refractivity contribution is -0.142. The van der Waals surface area contributed by atoms with Gasteiger partial charge < -0.3 is 20.1 Å². The molecular weight excluding hydrogens is 279 g/mol. The van der Waals surface area contributed by atoms with E-state index in [-0.39, 0.29) is 31.6 Å². The molecule has 1 saturated heterocycles. The van der Waals surface area contributed by atoms with Gasteiger partial charge >= 0.3 is 12.0 Å². The third kappa shape index (κ3) is 3.69. The van der Waals surface area contributed by atoms with Gasteiger partial charge in [0.1, 0.15) is 11.7 Å². The molecule has 2 atom stereocenters. The summed E-state index contributed by atoms with van der Waals surface area (Å²) in [4.78, 5) is 24.4. The second-order valence-electron chi connectivity index (χ2n) is 4.95. The van der Waals surface area contributed by atoms with Crippen LogP contribution in [0.3, 0.4) is 0 Å². The van der Waals surface area contributed by atoms with Gasteiger partial charge in [-0.25, -0.2) is 9.18 Å². The first-order valence-electron chi connectivity index (χ1n) is 6.54. The van der Waals surface area contributed by atoms with Crippen LogP contribution in [0.5, 0.6) is 0 Å². The van der Waals surface area contributed by atoms with Crippen LogP contribution < -0.4 is 5.32 Å². The van der Waals surface area contributed by atoms with E-state index in [1.165, 1.54) is 24.1 Å². The molecule has 0 radical (unpaired) electrons. The first-order valence-corrected chi connectivity index (χ1v) is 6.54. The van der Waals surface area contributed by atoms with Crippen LogP contribution in [-0.4, -0.2) is 48.3 Å². The largest absolute Gasteiger partial charge is 0.481 e. The molecule has 1 aliphatic heterocycles. The lowest BCUT2D eigenvalue weighted by atomic mass is 10.0.